The second-order valence-electron chi connectivity index (χ2n) is 3.67. The lowest BCUT2D eigenvalue weighted by Gasteiger charge is -2.14. The smallest absolute Gasteiger partial charge is 0.411 e. The van der Waals surface area contributed by atoms with Gasteiger partial charge in [0.05, 0.1) is 33.6 Å². The first-order chi connectivity index (χ1) is 9.15. The number of methoxy groups -OCH3 is 3. The molecule has 0 fully saturated rings. The van der Waals surface area contributed by atoms with Crippen LogP contribution >= 0.6 is 0 Å². The highest BCUT2D eigenvalue weighted by Gasteiger charge is 2.14. The Labute approximate surface area is 112 Å². The minimum absolute atomic E-state index is 0.371. The summed E-state index contributed by atoms with van der Waals surface area (Å²) in [5.41, 5.74) is 0.510. The molecule has 6 nitrogen and oxygen atoms in total. The zero-order valence-electron chi connectivity index (χ0n) is 11.6. The van der Waals surface area contributed by atoms with Crippen molar-refractivity contribution >= 4 is 11.8 Å². The average Bonchev–Trinajstić information content (AvgIpc) is 2.43. The summed E-state index contributed by atoms with van der Waals surface area (Å²) in [4.78, 5) is 11.5. The second-order valence-corrected chi connectivity index (χ2v) is 3.67. The Kier molecular flexibility index (Phi) is 5.78. The third-order valence-corrected chi connectivity index (χ3v) is 2.35. The predicted molar refractivity (Wildman–Crippen MR) is 71.4 cm³/mol. The van der Waals surface area contributed by atoms with Crippen molar-refractivity contribution in [3.05, 3.63) is 12.1 Å². The number of hydrogen-bond donors (Lipinski definition) is 1. The van der Waals surface area contributed by atoms with Crippen LogP contribution in [0.2, 0.25) is 0 Å². The van der Waals surface area contributed by atoms with Gasteiger partial charge in [0, 0.05) is 12.1 Å². The summed E-state index contributed by atoms with van der Waals surface area (Å²) in [7, 11) is 4.54. The van der Waals surface area contributed by atoms with Gasteiger partial charge in [-0.2, -0.15) is 0 Å². The predicted octanol–water partition coefficient (Wildman–Crippen LogP) is 2.67. The van der Waals surface area contributed by atoms with Crippen LogP contribution < -0.4 is 19.5 Å². The first kappa shape index (κ1) is 14.9. The van der Waals surface area contributed by atoms with Gasteiger partial charge in [-0.3, -0.25) is 5.32 Å². The Morgan fingerprint density at radius 2 is 1.68 bits per heavy atom. The Morgan fingerprint density at radius 1 is 1.11 bits per heavy atom. The molecule has 0 saturated heterocycles. The minimum atomic E-state index is -0.517. The maximum atomic E-state index is 11.5. The van der Waals surface area contributed by atoms with Gasteiger partial charge in [-0.25, -0.2) is 4.79 Å². The lowest BCUT2D eigenvalue weighted by atomic mass is 10.2. The molecule has 6 heteroatoms. The van der Waals surface area contributed by atoms with Crippen molar-refractivity contribution in [2.75, 3.05) is 33.3 Å². The van der Waals surface area contributed by atoms with Crippen LogP contribution in [-0.4, -0.2) is 34.0 Å². The van der Waals surface area contributed by atoms with E-state index in [-0.39, 0.29) is 0 Å². The number of anilines is 1. The van der Waals surface area contributed by atoms with E-state index in [1.807, 2.05) is 6.92 Å². The van der Waals surface area contributed by atoms with E-state index in [1.165, 1.54) is 21.3 Å². The molecule has 0 aromatic heterocycles. The first-order valence-electron chi connectivity index (χ1n) is 5.90. The Bertz CT molecular complexity index is 408. The molecule has 0 atom stereocenters. The Balaban J connectivity index is 2.93. The van der Waals surface area contributed by atoms with Gasteiger partial charge in [-0.1, -0.05) is 6.92 Å². The molecule has 0 spiro atoms. The SMILES string of the molecule is CCCOC(=O)Nc1cc(OC)c(OC)c(OC)c1. The molecule has 0 bridgehead atoms. The van der Waals surface area contributed by atoms with E-state index in [0.717, 1.165) is 6.42 Å². The molecule has 1 amide bonds. The lowest BCUT2D eigenvalue weighted by Crippen LogP contribution is -2.14. The molecule has 0 radical (unpaired) electrons. The number of carbonyl (C=O) groups excluding carboxylic acids is 1. The highest BCUT2D eigenvalue weighted by Crippen LogP contribution is 2.39. The molecule has 1 rings (SSSR count). The molecule has 0 heterocycles. The molecule has 0 aliphatic rings. The van der Waals surface area contributed by atoms with E-state index >= 15 is 0 Å². The van der Waals surface area contributed by atoms with Gasteiger partial charge in [0.15, 0.2) is 11.5 Å². The van der Waals surface area contributed by atoms with Crippen molar-refractivity contribution in [1.29, 1.82) is 0 Å². The number of amides is 1. The van der Waals surface area contributed by atoms with Crippen LogP contribution in [0, 0.1) is 0 Å². The fourth-order valence-corrected chi connectivity index (χ4v) is 1.50. The molecular formula is C13H19NO5. The fraction of sp³-hybridized carbons (Fsp3) is 0.462. The Hall–Kier alpha value is -2.11. The van der Waals surface area contributed by atoms with Crippen molar-refractivity contribution in [1.82, 2.24) is 0 Å². The van der Waals surface area contributed by atoms with Crippen LogP contribution in [0.4, 0.5) is 10.5 Å². The molecule has 1 aromatic carbocycles. The van der Waals surface area contributed by atoms with Crippen molar-refractivity contribution in [2.24, 2.45) is 0 Å². The summed E-state index contributed by atoms with van der Waals surface area (Å²) in [5, 5.41) is 2.60. The van der Waals surface area contributed by atoms with E-state index in [4.69, 9.17) is 18.9 Å². The molecule has 0 aliphatic heterocycles. The molecule has 106 valence electrons. The second kappa shape index (κ2) is 7.35. The summed E-state index contributed by atoms with van der Waals surface area (Å²) in [5.74, 6) is 1.40. The van der Waals surface area contributed by atoms with Crippen molar-refractivity contribution in [2.45, 2.75) is 13.3 Å². The molecule has 19 heavy (non-hydrogen) atoms. The van der Waals surface area contributed by atoms with Gasteiger partial charge in [-0.15, -0.1) is 0 Å². The van der Waals surface area contributed by atoms with Crippen LogP contribution in [0.3, 0.4) is 0 Å². The number of nitrogens with one attached hydrogen (secondary N) is 1. The third-order valence-electron chi connectivity index (χ3n) is 2.35. The summed E-state index contributed by atoms with van der Waals surface area (Å²) >= 11 is 0. The fourth-order valence-electron chi connectivity index (χ4n) is 1.50. The zero-order valence-corrected chi connectivity index (χ0v) is 11.6. The highest BCUT2D eigenvalue weighted by atomic mass is 16.5. The first-order valence-corrected chi connectivity index (χ1v) is 5.90. The summed E-state index contributed by atoms with van der Waals surface area (Å²) in [6.07, 6.45) is 0.249. The number of benzene rings is 1. The van der Waals surface area contributed by atoms with Crippen LogP contribution in [0.1, 0.15) is 13.3 Å². The van der Waals surface area contributed by atoms with Crippen molar-refractivity contribution in [3.8, 4) is 17.2 Å². The quantitative estimate of drug-likeness (QED) is 0.860. The van der Waals surface area contributed by atoms with Gasteiger partial charge in [0.25, 0.3) is 0 Å². The van der Waals surface area contributed by atoms with Gasteiger partial charge in [0.1, 0.15) is 0 Å². The van der Waals surface area contributed by atoms with Crippen LogP contribution in [0.15, 0.2) is 12.1 Å². The highest BCUT2D eigenvalue weighted by molar-refractivity contribution is 5.85. The summed E-state index contributed by atoms with van der Waals surface area (Å²) < 4.78 is 20.5. The number of hydrogen-bond acceptors (Lipinski definition) is 5. The maximum Gasteiger partial charge on any atom is 0.411 e. The van der Waals surface area contributed by atoms with Crippen LogP contribution in [-0.2, 0) is 4.74 Å². The van der Waals surface area contributed by atoms with Crippen LogP contribution in [0.25, 0.3) is 0 Å². The van der Waals surface area contributed by atoms with E-state index < -0.39 is 6.09 Å². The third kappa shape index (κ3) is 3.94. The molecular weight excluding hydrogens is 250 g/mol. The van der Waals surface area contributed by atoms with Crippen molar-refractivity contribution < 1.29 is 23.7 Å². The number of rotatable bonds is 6. The van der Waals surface area contributed by atoms with E-state index in [1.54, 1.807) is 12.1 Å². The monoisotopic (exact) mass is 269 g/mol. The van der Waals surface area contributed by atoms with Gasteiger partial charge < -0.3 is 18.9 Å². The molecule has 1 N–H and O–H groups in total. The molecule has 0 unspecified atom stereocenters. The van der Waals surface area contributed by atoms with Crippen LogP contribution in [0.5, 0.6) is 17.2 Å². The average molecular weight is 269 g/mol. The topological polar surface area (TPSA) is 66.0 Å². The standard InChI is InChI=1S/C13H19NO5/c1-5-6-19-13(15)14-9-7-10(16-2)12(18-4)11(8-9)17-3/h7-8H,5-6H2,1-4H3,(H,14,15). The largest absolute Gasteiger partial charge is 0.493 e. The van der Waals surface area contributed by atoms with E-state index in [2.05, 4.69) is 5.32 Å². The number of carbonyl (C=O) groups is 1. The summed E-state index contributed by atoms with van der Waals surface area (Å²) in [6, 6.07) is 3.27. The van der Waals surface area contributed by atoms with Gasteiger partial charge >= 0.3 is 6.09 Å². The molecule has 1 aromatic rings. The lowest BCUT2D eigenvalue weighted by molar-refractivity contribution is 0.161. The maximum absolute atomic E-state index is 11.5. The molecule has 0 aliphatic carbocycles. The Morgan fingerprint density at radius 3 is 2.11 bits per heavy atom. The zero-order chi connectivity index (χ0) is 14.3. The van der Waals surface area contributed by atoms with E-state index in [0.29, 0.717) is 29.5 Å². The van der Waals surface area contributed by atoms with E-state index in [9.17, 15) is 4.79 Å². The normalized spacial score (nSPS) is 9.68. The number of ether oxygens (including phenoxy) is 4. The van der Waals surface area contributed by atoms with Crippen molar-refractivity contribution in [3.63, 3.8) is 0 Å². The molecule has 0 saturated carbocycles. The summed E-state index contributed by atoms with van der Waals surface area (Å²) in [6.45, 7) is 2.29. The minimum Gasteiger partial charge on any atom is -0.493 e. The van der Waals surface area contributed by atoms with Gasteiger partial charge in [0.2, 0.25) is 5.75 Å². The van der Waals surface area contributed by atoms with Gasteiger partial charge in [-0.05, 0) is 6.42 Å².